The number of hydrogen-bond acceptors (Lipinski definition) is 4. The highest BCUT2D eigenvalue weighted by Gasteiger charge is 2.09. The van der Waals surface area contributed by atoms with Gasteiger partial charge in [-0.3, -0.25) is 10.2 Å². The first-order valence-electron chi connectivity index (χ1n) is 4.27. The average Bonchev–Trinajstić information content (AvgIpc) is 2.70. The van der Waals surface area contributed by atoms with Gasteiger partial charge in [0.1, 0.15) is 0 Å². The molecular formula is C8H10N4S2. The molecule has 0 amide bonds. The molecule has 0 aromatic carbocycles. The third kappa shape index (κ3) is 1.76. The summed E-state index contributed by atoms with van der Waals surface area (Å²) in [5, 5.41) is 6.78. The molecule has 2 aromatic heterocycles. The lowest BCUT2D eigenvalue weighted by Crippen LogP contribution is -1.81. The molecule has 0 aliphatic heterocycles. The van der Waals surface area contributed by atoms with Crippen LogP contribution in [0.2, 0.25) is 0 Å². The number of thiazole rings is 1. The zero-order valence-corrected chi connectivity index (χ0v) is 9.50. The van der Waals surface area contributed by atoms with Crippen LogP contribution < -0.4 is 0 Å². The van der Waals surface area contributed by atoms with Crippen LogP contribution in [0.15, 0.2) is 6.20 Å². The lowest BCUT2D eigenvalue weighted by atomic mass is 10.2. The van der Waals surface area contributed by atoms with E-state index in [1.807, 2.05) is 6.20 Å². The number of aromatic nitrogens is 4. The molecule has 2 heterocycles. The molecule has 74 valence electrons. The number of H-pyrrole nitrogens is 2. The molecule has 6 heteroatoms. The van der Waals surface area contributed by atoms with E-state index in [4.69, 9.17) is 12.2 Å². The molecule has 0 atom stereocenters. The minimum atomic E-state index is 0.454. The van der Waals surface area contributed by atoms with Crippen molar-refractivity contribution in [2.45, 2.75) is 19.8 Å². The van der Waals surface area contributed by atoms with Crippen molar-refractivity contribution in [3.8, 4) is 10.7 Å². The maximum Gasteiger partial charge on any atom is 0.213 e. The third-order valence-electron chi connectivity index (χ3n) is 1.75. The van der Waals surface area contributed by atoms with Gasteiger partial charge < -0.3 is 0 Å². The van der Waals surface area contributed by atoms with E-state index >= 15 is 0 Å². The van der Waals surface area contributed by atoms with E-state index in [1.54, 1.807) is 11.3 Å². The molecule has 0 saturated heterocycles. The zero-order valence-electron chi connectivity index (χ0n) is 7.87. The molecule has 0 saturated carbocycles. The fourth-order valence-corrected chi connectivity index (χ4v) is 2.06. The Morgan fingerprint density at radius 1 is 1.43 bits per heavy atom. The molecule has 0 radical (unpaired) electrons. The molecule has 2 aromatic rings. The van der Waals surface area contributed by atoms with E-state index in [0.29, 0.717) is 10.7 Å². The fraction of sp³-hybridized carbons (Fsp3) is 0.375. The molecule has 0 unspecified atom stereocenters. The predicted octanol–water partition coefficient (Wildman–Crippen LogP) is 2.71. The second kappa shape index (κ2) is 3.62. The summed E-state index contributed by atoms with van der Waals surface area (Å²) in [6, 6.07) is 0. The quantitative estimate of drug-likeness (QED) is 0.774. The molecule has 0 aliphatic rings. The number of aromatic amines is 2. The van der Waals surface area contributed by atoms with Crippen molar-refractivity contribution >= 4 is 23.6 Å². The highest BCUT2D eigenvalue weighted by atomic mass is 32.1. The van der Waals surface area contributed by atoms with Crippen molar-refractivity contribution in [3.05, 3.63) is 16.0 Å². The van der Waals surface area contributed by atoms with Crippen molar-refractivity contribution in [3.63, 3.8) is 0 Å². The van der Waals surface area contributed by atoms with Crippen molar-refractivity contribution in [2.75, 3.05) is 0 Å². The van der Waals surface area contributed by atoms with Gasteiger partial charge in [-0.2, -0.15) is 4.98 Å². The Labute approximate surface area is 90.4 Å². The van der Waals surface area contributed by atoms with Gasteiger partial charge in [-0.1, -0.05) is 13.8 Å². The van der Waals surface area contributed by atoms with Gasteiger partial charge in [0.15, 0.2) is 5.82 Å². The van der Waals surface area contributed by atoms with Crippen LogP contribution in [0.5, 0.6) is 0 Å². The number of rotatable bonds is 2. The van der Waals surface area contributed by atoms with E-state index in [-0.39, 0.29) is 0 Å². The highest BCUT2D eigenvalue weighted by molar-refractivity contribution is 7.71. The van der Waals surface area contributed by atoms with Crippen molar-refractivity contribution in [2.24, 2.45) is 0 Å². The first-order chi connectivity index (χ1) is 6.66. The summed E-state index contributed by atoms with van der Waals surface area (Å²) in [7, 11) is 0. The number of nitrogens with one attached hydrogen (secondary N) is 2. The van der Waals surface area contributed by atoms with Crippen LogP contribution in [0.25, 0.3) is 10.7 Å². The van der Waals surface area contributed by atoms with Crippen molar-refractivity contribution in [1.82, 2.24) is 20.2 Å². The molecule has 0 fully saturated rings. The van der Waals surface area contributed by atoms with Gasteiger partial charge >= 0.3 is 0 Å². The topological polar surface area (TPSA) is 57.4 Å². The Morgan fingerprint density at radius 3 is 2.71 bits per heavy atom. The summed E-state index contributed by atoms with van der Waals surface area (Å²) in [5.41, 5.74) is 0. The van der Waals surface area contributed by atoms with Gasteiger partial charge in [0.25, 0.3) is 0 Å². The van der Waals surface area contributed by atoms with E-state index in [1.165, 1.54) is 0 Å². The maximum absolute atomic E-state index is 4.88. The molecule has 14 heavy (non-hydrogen) atoms. The number of hydrogen-bond donors (Lipinski definition) is 2. The van der Waals surface area contributed by atoms with Crippen LogP contribution in [0.3, 0.4) is 0 Å². The minimum Gasteiger partial charge on any atom is -0.281 e. The Kier molecular flexibility index (Phi) is 2.47. The largest absolute Gasteiger partial charge is 0.281 e. The van der Waals surface area contributed by atoms with Crippen molar-refractivity contribution in [1.29, 1.82) is 0 Å². The highest BCUT2D eigenvalue weighted by Crippen LogP contribution is 2.26. The monoisotopic (exact) mass is 226 g/mol. The van der Waals surface area contributed by atoms with Crippen LogP contribution in [0, 0.1) is 4.77 Å². The Bertz CT molecular complexity index is 479. The fourth-order valence-electron chi connectivity index (χ4n) is 1.05. The first-order valence-corrected chi connectivity index (χ1v) is 5.50. The Balaban J connectivity index is 2.38. The van der Waals surface area contributed by atoms with Gasteiger partial charge in [-0.15, -0.1) is 11.3 Å². The summed E-state index contributed by atoms with van der Waals surface area (Å²) in [5.74, 6) is 1.22. The molecule has 0 aliphatic carbocycles. The molecule has 4 nitrogen and oxygen atoms in total. The standard InChI is InChI=1S/C8H10N4S2/c1-4(2)7-9-3-5(14-7)6-10-8(13)12-11-6/h3-4H,1-2H3,(H2,10,11,12,13). The van der Waals surface area contributed by atoms with Gasteiger partial charge in [0.2, 0.25) is 4.77 Å². The van der Waals surface area contributed by atoms with E-state index in [2.05, 4.69) is 34.0 Å². The van der Waals surface area contributed by atoms with E-state index < -0.39 is 0 Å². The van der Waals surface area contributed by atoms with Gasteiger partial charge in [0, 0.05) is 12.1 Å². The predicted molar refractivity (Wildman–Crippen MR) is 59.0 cm³/mol. The Morgan fingerprint density at radius 2 is 2.21 bits per heavy atom. The average molecular weight is 226 g/mol. The van der Waals surface area contributed by atoms with Crippen molar-refractivity contribution < 1.29 is 0 Å². The van der Waals surface area contributed by atoms with Crippen LogP contribution >= 0.6 is 23.6 Å². The first kappa shape index (κ1) is 9.54. The molecule has 2 N–H and O–H groups in total. The molecule has 0 spiro atoms. The molecule has 0 bridgehead atoms. The summed E-state index contributed by atoms with van der Waals surface area (Å²) >= 11 is 6.51. The van der Waals surface area contributed by atoms with Crippen LogP contribution in [-0.4, -0.2) is 20.2 Å². The Hall–Kier alpha value is -1.01. The van der Waals surface area contributed by atoms with Gasteiger partial charge in [0.05, 0.1) is 9.88 Å². The van der Waals surface area contributed by atoms with Crippen LogP contribution in [0.4, 0.5) is 0 Å². The minimum absolute atomic E-state index is 0.454. The second-order valence-electron chi connectivity index (χ2n) is 3.23. The third-order valence-corrected chi connectivity index (χ3v) is 3.25. The molecule has 2 rings (SSSR count). The normalized spacial score (nSPS) is 11.1. The van der Waals surface area contributed by atoms with E-state index in [0.717, 1.165) is 15.7 Å². The molecular weight excluding hydrogens is 216 g/mol. The zero-order chi connectivity index (χ0) is 10.1. The smallest absolute Gasteiger partial charge is 0.213 e. The van der Waals surface area contributed by atoms with Crippen LogP contribution in [0.1, 0.15) is 24.8 Å². The maximum atomic E-state index is 4.88. The van der Waals surface area contributed by atoms with Crippen LogP contribution in [-0.2, 0) is 0 Å². The number of nitrogens with zero attached hydrogens (tertiary/aromatic N) is 2. The summed E-state index contributed by atoms with van der Waals surface area (Å²) in [4.78, 5) is 9.45. The SMILES string of the molecule is CC(C)c1ncc(-c2nc(=S)[nH][nH]2)s1. The lowest BCUT2D eigenvalue weighted by Gasteiger charge is -1.94. The summed E-state index contributed by atoms with van der Waals surface area (Å²) in [6.45, 7) is 4.24. The second-order valence-corrected chi connectivity index (χ2v) is 4.68. The summed E-state index contributed by atoms with van der Waals surface area (Å²) in [6.07, 6.45) is 1.82. The van der Waals surface area contributed by atoms with Gasteiger partial charge in [-0.25, -0.2) is 4.98 Å². The summed E-state index contributed by atoms with van der Waals surface area (Å²) < 4.78 is 0.472. The van der Waals surface area contributed by atoms with Gasteiger partial charge in [-0.05, 0) is 12.2 Å². The van der Waals surface area contributed by atoms with E-state index in [9.17, 15) is 0 Å². The lowest BCUT2D eigenvalue weighted by molar-refractivity contribution is 0.852.